The largest absolute Gasteiger partial charge is 0.305 e. The van der Waals surface area contributed by atoms with Crippen LogP contribution < -0.4 is 5.56 Å². The first kappa shape index (κ1) is 14.3. The van der Waals surface area contributed by atoms with Crippen LogP contribution in [0.25, 0.3) is 0 Å². The summed E-state index contributed by atoms with van der Waals surface area (Å²) in [7, 11) is 0. The summed E-state index contributed by atoms with van der Waals surface area (Å²) in [5.41, 5.74) is 1.66. The van der Waals surface area contributed by atoms with Crippen molar-refractivity contribution in [2.24, 2.45) is 0 Å². The quantitative estimate of drug-likeness (QED) is 0.855. The van der Waals surface area contributed by atoms with Gasteiger partial charge in [-0.25, -0.2) is 4.98 Å². The second kappa shape index (κ2) is 5.88. The fourth-order valence-electron chi connectivity index (χ4n) is 1.87. The second-order valence-corrected chi connectivity index (χ2v) is 5.18. The van der Waals surface area contributed by atoms with Gasteiger partial charge in [0, 0.05) is 18.9 Å². The van der Waals surface area contributed by atoms with Crippen molar-refractivity contribution in [3.63, 3.8) is 0 Å². The maximum Gasteiger partial charge on any atom is 0.288 e. The molecule has 0 atom stereocenters. The SMILES string of the molecule is CCc1nn(CC)c(Cn2ccnc(Cl)c2=O)c1Br. The first-order chi connectivity index (χ1) is 9.08. The summed E-state index contributed by atoms with van der Waals surface area (Å²) in [6, 6.07) is 0. The van der Waals surface area contributed by atoms with Gasteiger partial charge in [-0.05, 0) is 29.3 Å². The molecule has 7 heteroatoms. The van der Waals surface area contributed by atoms with Gasteiger partial charge in [0.2, 0.25) is 0 Å². The van der Waals surface area contributed by atoms with E-state index in [0.29, 0.717) is 6.54 Å². The van der Waals surface area contributed by atoms with Crippen LogP contribution in [0.4, 0.5) is 0 Å². The summed E-state index contributed by atoms with van der Waals surface area (Å²) in [5, 5.41) is 4.48. The predicted octanol–water partition coefficient (Wildman–Crippen LogP) is 2.49. The number of hydrogen-bond acceptors (Lipinski definition) is 3. The number of rotatable bonds is 4. The Kier molecular flexibility index (Phi) is 4.42. The van der Waals surface area contributed by atoms with Crippen LogP contribution in [-0.4, -0.2) is 19.3 Å². The van der Waals surface area contributed by atoms with Gasteiger partial charge in [-0.15, -0.1) is 0 Å². The first-order valence-electron chi connectivity index (χ1n) is 6.03. The van der Waals surface area contributed by atoms with Crippen molar-refractivity contribution < 1.29 is 0 Å². The van der Waals surface area contributed by atoms with Gasteiger partial charge in [-0.2, -0.15) is 5.10 Å². The Morgan fingerprint density at radius 2 is 2.16 bits per heavy atom. The summed E-state index contributed by atoms with van der Waals surface area (Å²) in [6.07, 6.45) is 3.98. The van der Waals surface area contributed by atoms with E-state index in [2.05, 4.69) is 26.0 Å². The molecule has 0 bridgehead atoms. The maximum absolute atomic E-state index is 11.9. The van der Waals surface area contributed by atoms with E-state index >= 15 is 0 Å². The van der Waals surface area contributed by atoms with Gasteiger partial charge >= 0.3 is 0 Å². The molecule has 19 heavy (non-hydrogen) atoms. The minimum Gasteiger partial charge on any atom is -0.305 e. The average molecular weight is 346 g/mol. The molecule has 0 unspecified atom stereocenters. The molecule has 0 amide bonds. The number of nitrogens with zero attached hydrogens (tertiary/aromatic N) is 4. The Balaban J connectivity index is 2.46. The fourth-order valence-corrected chi connectivity index (χ4v) is 2.73. The van der Waals surface area contributed by atoms with E-state index in [9.17, 15) is 4.79 Å². The topological polar surface area (TPSA) is 52.7 Å². The molecule has 2 aromatic heterocycles. The Morgan fingerprint density at radius 1 is 1.42 bits per heavy atom. The van der Waals surface area contributed by atoms with Crippen LogP contribution in [0.15, 0.2) is 21.7 Å². The molecule has 2 heterocycles. The molecule has 2 aromatic rings. The summed E-state index contributed by atoms with van der Waals surface area (Å²) in [4.78, 5) is 15.6. The predicted molar refractivity (Wildman–Crippen MR) is 77.6 cm³/mol. The number of aryl methyl sites for hydroxylation is 2. The lowest BCUT2D eigenvalue weighted by molar-refractivity contribution is 0.587. The normalized spacial score (nSPS) is 10.9. The lowest BCUT2D eigenvalue weighted by atomic mass is 10.3. The van der Waals surface area contributed by atoms with Gasteiger partial charge in [0.05, 0.1) is 22.4 Å². The Labute approximate surface area is 124 Å². The third-order valence-electron chi connectivity index (χ3n) is 2.89. The Morgan fingerprint density at radius 3 is 2.79 bits per heavy atom. The molecule has 0 saturated carbocycles. The molecule has 102 valence electrons. The van der Waals surface area contributed by atoms with Crippen LogP contribution in [0.2, 0.25) is 5.15 Å². The van der Waals surface area contributed by atoms with E-state index in [4.69, 9.17) is 11.6 Å². The molecule has 0 aliphatic rings. The van der Waals surface area contributed by atoms with Gasteiger partial charge in [0.1, 0.15) is 0 Å². The van der Waals surface area contributed by atoms with Crippen LogP contribution in [0.5, 0.6) is 0 Å². The van der Waals surface area contributed by atoms with Crippen molar-refractivity contribution in [3.05, 3.63) is 43.8 Å². The highest BCUT2D eigenvalue weighted by Crippen LogP contribution is 2.22. The van der Waals surface area contributed by atoms with Crippen molar-refractivity contribution in [1.29, 1.82) is 0 Å². The standard InChI is InChI=1S/C12H14BrClN4O/c1-3-8-10(13)9(18(4-2)16-8)7-17-6-5-15-11(14)12(17)19/h5-6H,3-4,7H2,1-2H3. The molecule has 2 rings (SSSR count). The van der Waals surface area contributed by atoms with Crippen LogP contribution >= 0.6 is 27.5 Å². The molecule has 0 aromatic carbocycles. The zero-order chi connectivity index (χ0) is 14.0. The summed E-state index contributed by atoms with van der Waals surface area (Å²) >= 11 is 9.30. The van der Waals surface area contributed by atoms with Crippen LogP contribution in [0.3, 0.4) is 0 Å². The van der Waals surface area contributed by atoms with E-state index in [-0.39, 0.29) is 10.7 Å². The first-order valence-corrected chi connectivity index (χ1v) is 7.20. The zero-order valence-electron chi connectivity index (χ0n) is 10.7. The number of hydrogen-bond donors (Lipinski definition) is 0. The second-order valence-electron chi connectivity index (χ2n) is 4.03. The molecule has 0 N–H and O–H groups in total. The lowest BCUT2D eigenvalue weighted by Gasteiger charge is -2.08. The van der Waals surface area contributed by atoms with Gasteiger partial charge in [0.15, 0.2) is 5.15 Å². The highest BCUT2D eigenvalue weighted by molar-refractivity contribution is 9.10. The summed E-state index contributed by atoms with van der Waals surface area (Å²) in [5.74, 6) is 0. The van der Waals surface area contributed by atoms with E-state index in [1.807, 2.05) is 18.5 Å². The van der Waals surface area contributed by atoms with Crippen molar-refractivity contribution in [2.45, 2.75) is 33.4 Å². The minimum atomic E-state index is -0.294. The van der Waals surface area contributed by atoms with E-state index in [1.165, 1.54) is 10.8 Å². The third-order valence-corrected chi connectivity index (χ3v) is 4.06. The molecule has 0 aliphatic heterocycles. The molecule has 0 spiro atoms. The molecule has 5 nitrogen and oxygen atoms in total. The zero-order valence-corrected chi connectivity index (χ0v) is 13.1. The lowest BCUT2D eigenvalue weighted by Crippen LogP contribution is -2.22. The number of aromatic nitrogens is 4. The maximum atomic E-state index is 11.9. The van der Waals surface area contributed by atoms with E-state index < -0.39 is 0 Å². The van der Waals surface area contributed by atoms with Crippen molar-refractivity contribution in [2.75, 3.05) is 0 Å². The van der Waals surface area contributed by atoms with Gasteiger partial charge in [-0.3, -0.25) is 9.48 Å². The molecule has 0 fully saturated rings. The minimum absolute atomic E-state index is 0.0168. The molecule has 0 aliphatic carbocycles. The molecule has 0 radical (unpaired) electrons. The van der Waals surface area contributed by atoms with Gasteiger partial charge < -0.3 is 4.57 Å². The molecular formula is C12H14BrClN4O. The number of halogens is 2. The smallest absolute Gasteiger partial charge is 0.288 e. The van der Waals surface area contributed by atoms with Crippen molar-refractivity contribution >= 4 is 27.5 Å². The van der Waals surface area contributed by atoms with Crippen molar-refractivity contribution in [1.82, 2.24) is 19.3 Å². The van der Waals surface area contributed by atoms with Crippen LogP contribution in [-0.2, 0) is 19.5 Å². The van der Waals surface area contributed by atoms with Crippen molar-refractivity contribution in [3.8, 4) is 0 Å². The Bertz CT molecular complexity index is 650. The highest BCUT2D eigenvalue weighted by atomic mass is 79.9. The molecule has 0 saturated heterocycles. The highest BCUT2D eigenvalue weighted by Gasteiger charge is 2.15. The average Bonchev–Trinajstić information content (AvgIpc) is 2.71. The third kappa shape index (κ3) is 2.74. The van der Waals surface area contributed by atoms with Gasteiger partial charge in [0.25, 0.3) is 5.56 Å². The fraction of sp³-hybridized carbons (Fsp3) is 0.417. The summed E-state index contributed by atoms with van der Waals surface area (Å²) < 4.78 is 4.38. The summed E-state index contributed by atoms with van der Waals surface area (Å²) in [6.45, 7) is 5.24. The van der Waals surface area contributed by atoms with Gasteiger partial charge in [-0.1, -0.05) is 18.5 Å². The Hall–Kier alpha value is -1.14. The molecular weight excluding hydrogens is 332 g/mol. The van der Waals surface area contributed by atoms with Crippen LogP contribution in [0.1, 0.15) is 25.2 Å². The van der Waals surface area contributed by atoms with E-state index in [0.717, 1.165) is 28.8 Å². The van der Waals surface area contributed by atoms with Crippen LogP contribution in [0, 0.1) is 0 Å². The monoisotopic (exact) mass is 344 g/mol. The van der Waals surface area contributed by atoms with E-state index in [1.54, 1.807) is 6.20 Å².